The first kappa shape index (κ1) is 26.0. The maximum absolute atomic E-state index is 15.0. The lowest BCUT2D eigenvalue weighted by Gasteiger charge is -2.40. The van der Waals surface area contributed by atoms with Gasteiger partial charge in [-0.05, 0) is 35.7 Å². The second-order valence-corrected chi connectivity index (χ2v) is 10.1. The van der Waals surface area contributed by atoms with Crippen LogP contribution in [0.3, 0.4) is 0 Å². The van der Waals surface area contributed by atoms with Gasteiger partial charge in [0.15, 0.2) is 0 Å². The Bertz CT molecular complexity index is 1280. The quantitative estimate of drug-likeness (QED) is 0.405. The van der Waals surface area contributed by atoms with E-state index in [-0.39, 0.29) is 29.7 Å². The molecule has 14 heteroatoms. The molecule has 0 spiro atoms. The standard InChI is InChI=1S/C22H22B4ClF2N3O4/c23-17(32(26)20(36)21(28,29)11-2-4-12(27)5-3-11)10-1-6-13-14(9-10)22(24,25)31(19(13)35)15-7-8-16(33)30-18(15)34/h1-6,9,15,17H,7-8,23-26H2,(H,30,33,34). The van der Waals surface area contributed by atoms with Gasteiger partial charge in [0.1, 0.15) is 29.6 Å². The van der Waals surface area contributed by atoms with Crippen molar-refractivity contribution in [1.29, 1.82) is 0 Å². The van der Waals surface area contributed by atoms with E-state index in [0.717, 1.165) is 16.9 Å². The lowest BCUT2D eigenvalue weighted by Crippen LogP contribution is -2.59. The van der Waals surface area contributed by atoms with Crippen LogP contribution in [0.15, 0.2) is 42.5 Å². The predicted octanol–water partition coefficient (Wildman–Crippen LogP) is -1.22. The lowest BCUT2D eigenvalue weighted by atomic mass is 9.57. The Labute approximate surface area is 215 Å². The number of carbonyl (C=O) groups is 4. The predicted molar refractivity (Wildman–Crippen MR) is 140 cm³/mol. The van der Waals surface area contributed by atoms with E-state index in [9.17, 15) is 28.0 Å². The average Bonchev–Trinajstić information content (AvgIpc) is 3.03. The van der Waals surface area contributed by atoms with E-state index in [4.69, 9.17) is 11.6 Å². The van der Waals surface area contributed by atoms with Gasteiger partial charge in [0.05, 0.1) is 0 Å². The number of hydrogen-bond donors (Lipinski definition) is 1. The average molecular weight is 509 g/mol. The van der Waals surface area contributed by atoms with E-state index in [0.29, 0.717) is 16.7 Å². The van der Waals surface area contributed by atoms with Crippen molar-refractivity contribution in [2.24, 2.45) is 0 Å². The first-order chi connectivity index (χ1) is 16.8. The third kappa shape index (κ3) is 4.23. The van der Waals surface area contributed by atoms with Gasteiger partial charge in [0, 0.05) is 33.8 Å². The number of amides is 4. The molecule has 2 atom stereocenters. The molecule has 2 aromatic rings. The van der Waals surface area contributed by atoms with E-state index >= 15 is 0 Å². The highest BCUT2D eigenvalue weighted by Crippen LogP contribution is 2.40. The Hall–Kier alpha value is -3.07. The van der Waals surface area contributed by atoms with E-state index in [1.807, 2.05) is 0 Å². The summed E-state index contributed by atoms with van der Waals surface area (Å²) >= 11 is 5.78. The summed E-state index contributed by atoms with van der Waals surface area (Å²) in [6.07, 6.45) is 0.345. The maximum atomic E-state index is 15.0. The van der Waals surface area contributed by atoms with Gasteiger partial charge in [-0.25, -0.2) is 0 Å². The zero-order valence-corrected chi connectivity index (χ0v) is 21.0. The molecule has 2 heterocycles. The summed E-state index contributed by atoms with van der Waals surface area (Å²) in [6.45, 7) is 0. The van der Waals surface area contributed by atoms with Crippen LogP contribution in [0, 0.1) is 0 Å². The van der Waals surface area contributed by atoms with Gasteiger partial charge in [0.25, 0.3) is 11.8 Å². The van der Waals surface area contributed by atoms with Crippen LogP contribution in [0.4, 0.5) is 8.78 Å². The van der Waals surface area contributed by atoms with Gasteiger partial charge in [-0.15, -0.1) is 0 Å². The third-order valence-corrected chi connectivity index (χ3v) is 7.39. The fourth-order valence-electron chi connectivity index (χ4n) is 4.89. The van der Waals surface area contributed by atoms with E-state index in [1.54, 1.807) is 41.7 Å². The van der Waals surface area contributed by atoms with Gasteiger partial charge < -0.3 is 9.71 Å². The van der Waals surface area contributed by atoms with E-state index in [1.165, 1.54) is 25.0 Å². The molecule has 0 bridgehead atoms. The largest absolute Gasteiger partial charge is 0.389 e. The number of fused-ring (bicyclic) bond motifs is 1. The zero-order valence-electron chi connectivity index (χ0n) is 20.3. The molecule has 182 valence electrons. The highest BCUT2D eigenvalue weighted by atomic mass is 35.5. The highest BCUT2D eigenvalue weighted by Gasteiger charge is 2.49. The van der Waals surface area contributed by atoms with Crippen molar-refractivity contribution in [1.82, 2.24) is 15.0 Å². The van der Waals surface area contributed by atoms with E-state index in [2.05, 4.69) is 5.32 Å². The SMILES string of the molecule is BC(c1ccc2c(c1)C(B)(B)N(C1CCC(=O)NC1=O)C2=O)N(B)C(=O)C(F)(F)c1ccc(Cl)cc1. The Kier molecular flexibility index (Phi) is 6.58. The van der Waals surface area contributed by atoms with Crippen LogP contribution in [0.5, 0.6) is 0 Å². The minimum atomic E-state index is -3.76. The van der Waals surface area contributed by atoms with Crippen molar-refractivity contribution in [3.05, 3.63) is 69.7 Å². The molecule has 36 heavy (non-hydrogen) atoms. The molecule has 4 rings (SSSR count). The topological polar surface area (TPSA) is 86.8 Å². The molecule has 1 fully saturated rings. The van der Waals surface area contributed by atoms with Crippen LogP contribution < -0.4 is 5.32 Å². The van der Waals surface area contributed by atoms with Crippen LogP contribution in [0.2, 0.25) is 5.02 Å². The summed E-state index contributed by atoms with van der Waals surface area (Å²) in [5, 5.41) is 1.67. The molecule has 1 saturated heterocycles. The van der Waals surface area contributed by atoms with Gasteiger partial charge in [-0.1, -0.05) is 35.9 Å². The molecule has 0 aliphatic carbocycles. The first-order valence-electron chi connectivity index (χ1n) is 11.5. The maximum Gasteiger partial charge on any atom is 0.348 e. The minimum absolute atomic E-state index is 0.129. The van der Waals surface area contributed by atoms with Gasteiger partial charge in [0.2, 0.25) is 19.8 Å². The molecule has 2 aliphatic heterocycles. The molecular weight excluding hydrogens is 487 g/mol. The molecule has 2 unspecified atom stereocenters. The van der Waals surface area contributed by atoms with Crippen molar-refractivity contribution in [2.75, 3.05) is 0 Å². The number of carbonyl (C=O) groups excluding carboxylic acids is 4. The van der Waals surface area contributed by atoms with Gasteiger partial charge in [-0.3, -0.25) is 24.5 Å². The smallest absolute Gasteiger partial charge is 0.348 e. The lowest BCUT2D eigenvalue weighted by molar-refractivity contribution is -0.154. The van der Waals surface area contributed by atoms with Crippen LogP contribution in [-0.4, -0.2) is 70.9 Å². The summed E-state index contributed by atoms with van der Waals surface area (Å²) in [5.74, 6) is -7.12. The fourth-order valence-corrected chi connectivity index (χ4v) is 5.02. The number of rotatable bonds is 5. The molecule has 1 N–H and O–H groups in total. The normalized spacial score (nSPS) is 20.0. The van der Waals surface area contributed by atoms with Gasteiger partial charge >= 0.3 is 5.92 Å². The molecule has 2 aromatic carbocycles. The summed E-state index contributed by atoms with van der Waals surface area (Å²) in [7, 11) is 6.51. The molecule has 7 nitrogen and oxygen atoms in total. The van der Waals surface area contributed by atoms with Crippen LogP contribution in [0.1, 0.15) is 45.8 Å². The molecule has 0 aromatic heterocycles. The summed E-state index contributed by atoms with van der Waals surface area (Å²) in [5.41, 5.74) is 1.10. The zero-order chi connectivity index (χ0) is 26.6. The fraction of sp³-hybridized carbons (Fsp3) is 0.273. The van der Waals surface area contributed by atoms with E-state index < -0.39 is 40.6 Å². The first-order valence-corrected chi connectivity index (χ1v) is 11.9. The number of hydrogen-bond acceptors (Lipinski definition) is 4. The Morgan fingerprint density at radius 2 is 1.81 bits per heavy atom. The number of alkyl halides is 2. The second kappa shape index (κ2) is 9.10. The number of imide groups is 1. The summed E-state index contributed by atoms with van der Waals surface area (Å²) in [6, 6.07) is 8.96. The Balaban J connectivity index is 1.61. The van der Waals surface area contributed by atoms with Crippen molar-refractivity contribution in [2.45, 2.75) is 36.1 Å². The van der Waals surface area contributed by atoms with Crippen LogP contribution in [0.25, 0.3) is 0 Å². The Morgan fingerprint density at radius 1 is 1.17 bits per heavy atom. The van der Waals surface area contributed by atoms with Crippen molar-refractivity contribution < 1.29 is 28.0 Å². The van der Waals surface area contributed by atoms with Crippen molar-refractivity contribution >= 4 is 66.7 Å². The summed E-state index contributed by atoms with van der Waals surface area (Å²) in [4.78, 5) is 52.6. The number of nitrogens with one attached hydrogen (secondary N) is 1. The molecular formula is C22H22B4ClF2N3O4. The van der Waals surface area contributed by atoms with Crippen molar-refractivity contribution in [3.8, 4) is 0 Å². The van der Waals surface area contributed by atoms with Crippen LogP contribution in [-0.2, 0) is 25.6 Å². The van der Waals surface area contributed by atoms with Crippen molar-refractivity contribution in [3.63, 3.8) is 0 Å². The number of halogens is 3. The molecule has 2 aliphatic rings. The molecule has 0 radical (unpaired) electrons. The molecule has 4 amide bonds. The molecule has 0 saturated carbocycles. The second-order valence-electron chi connectivity index (χ2n) is 9.68. The third-order valence-electron chi connectivity index (χ3n) is 7.14. The van der Waals surface area contributed by atoms with Gasteiger partial charge in [-0.2, -0.15) is 8.78 Å². The highest BCUT2D eigenvalue weighted by molar-refractivity contribution is 6.43. The number of piperidine rings is 1. The van der Waals surface area contributed by atoms with Crippen LogP contribution >= 0.6 is 11.6 Å². The minimum Gasteiger partial charge on any atom is -0.389 e. The Morgan fingerprint density at radius 3 is 2.42 bits per heavy atom. The summed E-state index contributed by atoms with van der Waals surface area (Å²) < 4.78 is 30.0. The monoisotopic (exact) mass is 509 g/mol. The number of nitrogens with zero attached hydrogens (tertiary/aromatic N) is 2. The number of benzene rings is 2.